The molecule has 1 N–H and O–H groups in total. The van der Waals surface area contributed by atoms with Gasteiger partial charge in [-0.15, -0.1) is 0 Å². The number of nitrogens with zero attached hydrogens (tertiary/aromatic N) is 1. The van der Waals surface area contributed by atoms with Crippen LogP contribution in [0.1, 0.15) is 13.8 Å². The van der Waals surface area contributed by atoms with E-state index in [2.05, 4.69) is 12.2 Å². The number of hydrogen-bond acceptors (Lipinski definition) is 3. The van der Waals surface area contributed by atoms with E-state index in [1.807, 2.05) is 19.0 Å². The summed E-state index contributed by atoms with van der Waals surface area (Å²) in [7, 11) is 1.99. The first-order chi connectivity index (χ1) is 5.16. The molecular formula is C8H18N2O. The SMILES string of the molecule is CCON(C)CC1(C)CNC1. The number of hydrogen-bond donors (Lipinski definition) is 1. The molecule has 1 aliphatic rings. The highest BCUT2D eigenvalue weighted by atomic mass is 16.7. The molecule has 0 aliphatic carbocycles. The Hall–Kier alpha value is -0.120. The molecule has 11 heavy (non-hydrogen) atoms. The van der Waals surface area contributed by atoms with Gasteiger partial charge in [-0.25, -0.2) is 0 Å². The van der Waals surface area contributed by atoms with Crippen LogP contribution in [0.3, 0.4) is 0 Å². The molecule has 0 unspecified atom stereocenters. The molecule has 1 saturated heterocycles. The van der Waals surface area contributed by atoms with Gasteiger partial charge in [0.15, 0.2) is 0 Å². The summed E-state index contributed by atoms with van der Waals surface area (Å²) in [5, 5.41) is 5.20. The van der Waals surface area contributed by atoms with E-state index in [0.29, 0.717) is 5.41 Å². The third-order valence-corrected chi connectivity index (χ3v) is 2.06. The van der Waals surface area contributed by atoms with Crippen LogP contribution in [-0.2, 0) is 4.84 Å². The summed E-state index contributed by atoms with van der Waals surface area (Å²) in [6, 6.07) is 0. The van der Waals surface area contributed by atoms with E-state index in [4.69, 9.17) is 4.84 Å². The molecule has 1 heterocycles. The monoisotopic (exact) mass is 158 g/mol. The Labute approximate surface area is 68.7 Å². The first-order valence-corrected chi connectivity index (χ1v) is 4.21. The summed E-state index contributed by atoms with van der Waals surface area (Å²) in [6.07, 6.45) is 0. The molecular weight excluding hydrogens is 140 g/mol. The van der Waals surface area contributed by atoms with Gasteiger partial charge in [-0.2, -0.15) is 5.06 Å². The van der Waals surface area contributed by atoms with Gasteiger partial charge in [0.2, 0.25) is 0 Å². The van der Waals surface area contributed by atoms with E-state index >= 15 is 0 Å². The van der Waals surface area contributed by atoms with Crippen molar-refractivity contribution in [3.05, 3.63) is 0 Å². The van der Waals surface area contributed by atoms with Crippen molar-refractivity contribution in [2.24, 2.45) is 5.41 Å². The maximum Gasteiger partial charge on any atom is 0.0656 e. The second kappa shape index (κ2) is 3.52. The maximum atomic E-state index is 5.32. The molecule has 0 radical (unpaired) electrons. The van der Waals surface area contributed by atoms with Crippen LogP contribution in [0.2, 0.25) is 0 Å². The van der Waals surface area contributed by atoms with Crippen LogP contribution in [-0.4, -0.2) is 38.4 Å². The third kappa shape index (κ3) is 2.43. The summed E-state index contributed by atoms with van der Waals surface area (Å²) in [6.45, 7) is 8.31. The van der Waals surface area contributed by atoms with E-state index in [1.165, 1.54) is 0 Å². The van der Waals surface area contributed by atoms with Crippen LogP contribution in [0.4, 0.5) is 0 Å². The summed E-state index contributed by atoms with van der Waals surface area (Å²) < 4.78 is 0. The number of hydroxylamine groups is 2. The second-order valence-electron chi connectivity index (χ2n) is 3.62. The van der Waals surface area contributed by atoms with Crippen molar-refractivity contribution in [2.45, 2.75) is 13.8 Å². The van der Waals surface area contributed by atoms with Crippen molar-refractivity contribution < 1.29 is 4.84 Å². The first-order valence-electron chi connectivity index (χ1n) is 4.21. The van der Waals surface area contributed by atoms with Crippen LogP contribution in [0.15, 0.2) is 0 Å². The predicted octanol–water partition coefficient (Wildman–Crippen LogP) is 0.479. The Kier molecular flexibility index (Phi) is 2.87. The minimum Gasteiger partial charge on any atom is -0.315 e. The minimum absolute atomic E-state index is 0.434. The molecule has 3 heteroatoms. The van der Waals surface area contributed by atoms with E-state index in [0.717, 1.165) is 26.2 Å². The van der Waals surface area contributed by atoms with Gasteiger partial charge >= 0.3 is 0 Å². The van der Waals surface area contributed by atoms with Crippen molar-refractivity contribution in [2.75, 3.05) is 33.3 Å². The van der Waals surface area contributed by atoms with Crippen molar-refractivity contribution in [3.63, 3.8) is 0 Å². The molecule has 1 fully saturated rings. The van der Waals surface area contributed by atoms with Crippen LogP contribution in [0.5, 0.6) is 0 Å². The smallest absolute Gasteiger partial charge is 0.0656 e. The maximum absolute atomic E-state index is 5.32. The van der Waals surface area contributed by atoms with Crippen LogP contribution in [0.25, 0.3) is 0 Å². The van der Waals surface area contributed by atoms with Crippen molar-refractivity contribution in [1.82, 2.24) is 10.4 Å². The summed E-state index contributed by atoms with van der Waals surface area (Å²) in [5.74, 6) is 0. The minimum atomic E-state index is 0.434. The van der Waals surface area contributed by atoms with Crippen molar-refractivity contribution in [1.29, 1.82) is 0 Å². The molecule has 1 rings (SSSR count). The first kappa shape index (κ1) is 8.97. The molecule has 66 valence electrons. The Balaban J connectivity index is 2.18. The van der Waals surface area contributed by atoms with Gasteiger partial charge in [0, 0.05) is 32.1 Å². The zero-order valence-corrected chi connectivity index (χ0v) is 7.68. The van der Waals surface area contributed by atoms with E-state index in [9.17, 15) is 0 Å². The molecule has 0 aromatic rings. The number of nitrogens with one attached hydrogen (secondary N) is 1. The lowest BCUT2D eigenvalue weighted by Crippen LogP contribution is -2.56. The van der Waals surface area contributed by atoms with Crippen molar-refractivity contribution in [3.8, 4) is 0 Å². The average Bonchev–Trinajstić information content (AvgIpc) is 1.85. The Morgan fingerprint density at radius 3 is 2.55 bits per heavy atom. The van der Waals surface area contributed by atoms with Gasteiger partial charge in [-0.3, -0.25) is 4.84 Å². The highest BCUT2D eigenvalue weighted by Gasteiger charge is 2.32. The molecule has 3 nitrogen and oxygen atoms in total. The molecule has 0 saturated carbocycles. The Morgan fingerprint density at radius 2 is 2.18 bits per heavy atom. The molecule has 0 bridgehead atoms. The lowest BCUT2D eigenvalue weighted by molar-refractivity contribution is -0.157. The second-order valence-corrected chi connectivity index (χ2v) is 3.62. The van der Waals surface area contributed by atoms with E-state index in [1.54, 1.807) is 0 Å². The van der Waals surface area contributed by atoms with Gasteiger partial charge in [-0.05, 0) is 6.92 Å². The van der Waals surface area contributed by atoms with Crippen LogP contribution in [0, 0.1) is 5.41 Å². The summed E-state index contributed by atoms with van der Waals surface area (Å²) in [4.78, 5) is 5.32. The fourth-order valence-corrected chi connectivity index (χ4v) is 1.47. The standard InChI is InChI=1S/C8H18N2O/c1-4-11-10(3)7-8(2)5-9-6-8/h9H,4-7H2,1-3H3. The molecule has 1 aliphatic heterocycles. The third-order valence-electron chi connectivity index (χ3n) is 2.06. The lowest BCUT2D eigenvalue weighted by atomic mass is 9.84. The van der Waals surface area contributed by atoms with Gasteiger partial charge in [-0.1, -0.05) is 6.92 Å². The van der Waals surface area contributed by atoms with E-state index < -0.39 is 0 Å². The summed E-state index contributed by atoms with van der Waals surface area (Å²) in [5.41, 5.74) is 0.434. The molecule has 0 aromatic heterocycles. The molecule has 0 spiro atoms. The van der Waals surface area contributed by atoms with E-state index in [-0.39, 0.29) is 0 Å². The zero-order valence-electron chi connectivity index (χ0n) is 7.68. The van der Waals surface area contributed by atoms with Gasteiger partial charge in [0.25, 0.3) is 0 Å². The molecule has 0 amide bonds. The topological polar surface area (TPSA) is 24.5 Å². The van der Waals surface area contributed by atoms with Crippen molar-refractivity contribution >= 4 is 0 Å². The fourth-order valence-electron chi connectivity index (χ4n) is 1.47. The normalized spacial score (nSPS) is 21.8. The molecule has 0 atom stereocenters. The van der Waals surface area contributed by atoms with Gasteiger partial charge in [0.1, 0.15) is 0 Å². The largest absolute Gasteiger partial charge is 0.315 e. The number of rotatable bonds is 4. The fraction of sp³-hybridized carbons (Fsp3) is 1.00. The lowest BCUT2D eigenvalue weighted by Gasteiger charge is -2.41. The highest BCUT2D eigenvalue weighted by molar-refractivity contribution is 4.89. The van der Waals surface area contributed by atoms with Gasteiger partial charge in [0.05, 0.1) is 6.61 Å². The zero-order chi connectivity index (χ0) is 8.32. The Bertz CT molecular complexity index is 123. The van der Waals surface area contributed by atoms with Gasteiger partial charge < -0.3 is 5.32 Å². The van der Waals surface area contributed by atoms with Crippen LogP contribution >= 0.6 is 0 Å². The molecule has 0 aromatic carbocycles. The Morgan fingerprint density at radius 1 is 1.55 bits per heavy atom. The summed E-state index contributed by atoms with van der Waals surface area (Å²) >= 11 is 0. The predicted molar refractivity (Wildman–Crippen MR) is 45.2 cm³/mol. The average molecular weight is 158 g/mol. The quantitative estimate of drug-likeness (QED) is 0.602. The van der Waals surface area contributed by atoms with Crippen LogP contribution < -0.4 is 5.32 Å². The highest BCUT2D eigenvalue weighted by Crippen LogP contribution is 2.21.